The molecular formula is C25H26N2O3S. The third-order valence-electron chi connectivity index (χ3n) is 5.79. The average Bonchev–Trinajstić information content (AvgIpc) is 3.06. The Morgan fingerprint density at radius 2 is 1.68 bits per heavy atom. The zero-order valence-electron chi connectivity index (χ0n) is 18.1. The van der Waals surface area contributed by atoms with E-state index in [0.29, 0.717) is 16.8 Å². The van der Waals surface area contributed by atoms with Crippen molar-refractivity contribution in [3.05, 3.63) is 88.5 Å². The maximum Gasteiger partial charge on any atom is 0.262 e. The van der Waals surface area contributed by atoms with Gasteiger partial charge in [-0.05, 0) is 80.6 Å². The molecular weight excluding hydrogens is 408 g/mol. The van der Waals surface area contributed by atoms with Crippen LogP contribution in [0.1, 0.15) is 39.5 Å². The van der Waals surface area contributed by atoms with Crippen LogP contribution in [0.4, 0.5) is 11.4 Å². The van der Waals surface area contributed by atoms with Gasteiger partial charge in [0.1, 0.15) is 0 Å². The molecule has 0 saturated heterocycles. The fourth-order valence-corrected chi connectivity index (χ4v) is 5.48. The quantitative estimate of drug-likeness (QED) is 0.628. The van der Waals surface area contributed by atoms with E-state index in [9.17, 15) is 13.2 Å². The van der Waals surface area contributed by atoms with Gasteiger partial charge < -0.3 is 4.90 Å². The highest BCUT2D eigenvalue weighted by molar-refractivity contribution is 7.92. The van der Waals surface area contributed by atoms with Crippen molar-refractivity contribution in [2.24, 2.45) is 0 Å². The minimum absolute atomic E-state index is 0.0133. The molecule has 3 aromatic carbocycles. The van der Waals surface area contributed by atoms with Gasteiger partial charge in [0.15, 0.2) is 0 Å². The molecule has 0 radical (unpaired) electrons. The van der Waals surface area contributed by atoms with E-state index in [2.05, 4.69) is 4.72 Å². The Kier molecular flexibility index (Phi) is 5.35. The number of carbonyl (C=O) groups excluding carboxylic acids is 1. The Bertz CT molecular complexity index is 1280. The van der Waals surface area contributed by atoms with Crippen molar-refractivity contribution in [1.29, 1.82) is 0 Å². The monoisotopic (exact) mass is 434 g/mol. The molecule has 6 heteroatoms. The normalized spacial score (nSPS) is 15.6. The standard InChI is InChI=1S/C25H26N2O3S/c1-16-9-10-17(2)22(13-16)26-31(29,30)24-15-21(12-11-18(24)3)25(28)27-19(4)14-20-7-5-6-8-23(20)27/h5-13,15,19,26H,14H2,1-4H3/t19-/m1/s1. The summed E-state index contributed by atoms with van der Waals surface area (Å²) in [5.41, 5.74) is 5.29. The van der Waals surface area contributed by atoms with Gasteiger partial charge in [0.05, 0.1) is 10.6 Å². The molecule has 4 rings (SSSR count). The lowest BCUT2D eigenvalue weighted by Crippen LogP contribution is -2.35. The van der Waals surface area contributed by atoms with Gasteiger partial charge >= 0.3 is 0 Å². The topological polar surface area (TPSA) is 66.5 Å². The van der Waals surface area contributed by atoms with Crippen LogP contribution in [-0.2, 0) is 16.4 Å². The Morgan fingerprint density at radius 1 is 0.968 bits per heavy atom. The Morgan fingerprint density at radius 3 is 2.45 bits per heavy atom. The number of benzene rings is 3. The van der Waals surface area contributed by atoms with E-state index >= 15 is 0 Å². The fourth-order valence-electron chi connectivity index (χ4n) is 4.08. The van der Waals surface area contributed by atoms with Crippen LogP contribution in [0, 0.1) is 20.8 Å². The van der Waals surface area contributed by atoms with Crippen molar-refractivity contribution < 1.29 is 13.2 Å². The Labute approximate surface area is 183 Å². The molecule has 1 N–H and O–H groups in total. The fraction of sp³-hybridized carbons (Fsp3) is 0.240. The smallest absolute Gasteiger partial charge is 0.262 e. The summed E-state index contributed by atoms with van der Waals surface area (Å²) in [6.07, 6.45) is 0.785. The first-order valence-corrected chi connectivity index (χ1v) is 11.8. The highest BCUT2D eigenvalue weighted by Gasteiger charge is 2.32. The largest absolute Gasteiger partial charge is 0.305 e. The number of fused-ring (bicyclic) bond motifs is 1. The van der Waals surface area contributed by atoms with Gasteiger partial charge in [0.25, 0.3) is 15.9 Å². The van der Waals surface area contributed by atoms with Gasteiger partial charge in [-0.3, -0.25) is 9.52 Å². The lowest BCUT2D eigenvalue weighted by atomic mass is 10.1. The van der Waals surface area contributed by atoms with Gasteiger partial charge in [0.2, 0.25) is 0 Å². The number of anilines is 2. The van der Waals surface area contributed by atoms with Gasteiger partial charge in [-0.1, -0.05) is 36.4 Å². The molecule has 0 bridgehead atoms. The minimum Gasteiger partial charge on any atom is -0.305 e. The van der Waals surface area contributed by atoms with Crippen LogP contribution in [-0.4, -0.2) is 20.4 Å². The van der Waals surface area contributed by atoms with E-state index < -0.39 is 10.0 Å². The number of nitrogens with zero attached hydrogens (tertiary/aromatic N) is 1. The van der Waals surface area contributed by atoms with E-state index in [1.165, 1.54) is 6.07 Å². The lowest BCUT2D eigenvalue weighted by Gasteiger charge is -2.23. The number of rotatable bonds is 4. The van der Waals surface area contributed by atoms with E-state index in [0.717, 1.165) is 28.8 Å². The van der Waals surface area contributed by atoms with Crippen LogP contribution in [0.3, 0.4) is 0 Å². The number of nitrogens with one attached hydrogen (secondary N) is 1. The molecule has 1 atom stereocenters. The van der Waals surface area contributed by atoms with Crippen molar-refractivity contribution >= 4 is 27.3 Å². The van der Waals surface area contributed by atoms with Crippen molar-refractivity contribution in [2.45, 2.75) is 45.1 Å². The van der Waals surface area contributed by atoms with Crippen LogP contribution in [0.2, 0.25) is 0 Å². The second-order valence-corrected chi connectivity index (χ2v) is 9.91. The molecule has 31 heavy (non-hydrogen) atoms. The molecule has 0 aromatic heterocycles. The second kappa shape index (κ2) is 7.85. The van der Waals surface area contributed by atoms with Gasteiger partial charge in [-0.25, -0.2) is 8.42 Å². The van der Waals surface area contributed by atoms with Gasteiger partial charge in [-0.15, -0.1) is 0 Å². The molecule has 1 aliphatic rings. The van der Waals surface area contributed by atoms with Crippen LogP contribution in [0.25, 0.3) is 0 Å². The maximum absolute atomic E-state index is 13.4. The summed E-state index contributed by atoms with van der Waals surface area (Å²) in [7, 11) is -3.86. The van der Waals surface area contributed by atoms with E-state index in [1.807, 2.05) is 57.2 Å². The summed E-state index contributed by atoms with van der Waals surface area (Å²) in [6, 6.07) is 18.4. The van der Waals surface area contributed by atoms with Crippen LogP contribution in [0.5, 0.6) is 0 Å². The summed E-state index contributed by atoms with van der Waals surface area (Å²) in [5, 5.41) is 0. The predicted molar refractivity (Wildman–Crippen MR) is 124 cm³/mol. The number of para-hydroxylation sites is 1. The molecule has 0 unspecified atom stereocenters. The second-order valence-electron chi connectivity index (χ2n) is 8.26. The molecule has 1 aliphatic heterocycles. The molecule has 0 saturated carbocycles. The van der Waals surface area contributed by atoms with Crippen molar-refractivity contribution in [3.8, 4) is 0 Å². The Balaban J connectivity index is 1.70. The van der Waals surface area contributed by atoms with Crippen molar-refractivity contribution in [2.75, 3.05) is 9.62 Å². The third-order valence-corrected chi connectivity index (χ3v) is 7.30. The first-order valence-electron chi connectivity index (χ1n) is 10.3. The minimum atomic E-state index is -3.86. The predicted octanol–water partition coefficient (Wildman–Crippen LogP) is 5.00. The number of amides is 1. The Hall–Kier alpha value is -3.12. The lowest BCUT2D eigenvalue weighted by molar-refractivity contribution is 0.0981. The molecule has 0 aliphatic carbocycles. The molecule has 1 amide bonds. The molecule has 5 nitrogen and oxygen atoms in total. The summed E-state index contributed by atoms with van der Waals surface area (Å²) in [5.74, 6) is -0.194. The summed E-state index contributed by atoms with van der Waals surface area (Å²) in [4.78, 5) is 15.2. The van der Waals surface area contributed by atoms with E-state index in [-0.39, 0.29) is 16.8 Å². The average molecular weight is 435 g/mol. The van der Waals surface area contributed by atoms with Crippen molar-refractivity contribution in [1.82, 2.24) is 0 Å². The summed E-state index contributed by atoms with van der Waals surface area (Å²) >= 11 is 0. The summed E-state index contributed by atoms with van der Waals surface area (Å²) in [6.45, 7) is 7.51. The zero-order valence-corrected chi connectivity index (χ0v) is 19.0. The molecule has 3 aromatic rings. The first-order chi connectivity index (χ1) is 14.7. The van der Waals surface area contributed by atoms with Crippen LogP contribution in [0.15, 0.2) is 65.6 Å². The first kappa shape index (κ1) is 21.1. The number of hydrogen-bond acceptors (Lipinski definition) is 3. The third kappa shape index (κ3) is 3.95. The number of aryl methyl sites for hydroxylation is 3. The van der Waals surface area contributed by atoms with E-state index in [1.54, 1.807) is 30.0 Å². The molecule has 160 valence electrons. The molecule has 0 spiro atoms. The number of carbonyl (C=O) groups is 1. The van der Waals surface area contributed by atoms with Crippen LogP contribution < -0.4 is 9.62 Å². The van der Waals surface area contributed by atoms with Crippen LogP contribution >= 0.6 is 0 Å². The SMILES string of the molecule is Cc1ccc(C)c(NS(=O)(=O)c2cc(C(=O)N3c4ccccc4C[C@H]3C)ccc2C)c1. The van der Waals surface area contributed by atoms with Gasteiger partial charge in [0, 0.05) is 17.3 Å². The maximum atomic E-state index is 13.4. The van der Waals surface area contributed by atoms with Gasteiger partial charge in [-0.2, -0.15) is 0 Å². The number of hydrogen-bond donors (Lipinski definition) is 1. The van der Waals surface area contributed by atoms with E-state index in [4.69, 9.17) is 0 Å². The highest BCUT2D eigenvalue weighted by Crippen LogP contribution is 2.33. The number of sulfonamides is 1. The zero-order chi connectivity index (χ0) is 22.3. The highest BCUT2D eigenvalue weighted by atomic mass is 32.2. The molecule has 1 heterocycles. The summed E-state index contributed by atoms with van der Waals surface area (Å²) < 4.78 is 29.1. The van der Waals surface area contributed by atoms with Crippen molar-refractivity contribution in [3.63, 3.8) is 0 Å². The molecule has 0 fully saturated rings.